The molecule has 0 aliphatic carbocycles. The maximum Gasteiger partial charge on any atom is 0.206 e. The Hall–Kier alpha value is -3.51. The van der Waals surface area contributed by atoms with Crippen LogP contribution in [0.4, 0.5) is 0 Å². The monoisotopic (exact) mass is 414 g/mol. The zero-order valence-corrected chi connectivity index (χ0v) is 17.7. The van der Waals surface area contributed by atoms with Gasteiger partial charge in [-0.1, -0.05) is 48.5 Å². The van der Waals surface area contributed by atoms with Crippen LogP contribution in [-0.4, -0.2) is 22.5 Å². The molecule has 4 aromatic rings. The molecule has 0 N–H and O–H groups in total. The second-order valence-electron chi connectivity index (χ2n) is 6.62. The van der Waals surface area contributed by atoms with E-state index in [1.54, 1.807) is 24.6 Å². The average Bonchev–Trinajstić information content (AvgIpc) is 3.21. The minimum atomic E-state index is 0.588. The summed E-state index contributed by atoms with van der Waals surface area (Å²) in [6.45, 7) is 2.55. The SMILES string of the molecule is COc1ccccc1-c1csc(=NCc2ccccc2)n1N=C(C)c1ccccn1. The zero-order valence-electron chi connectivity index (χ0n) is 16.9. The third kappa shape index (κ3) is 4.39. The molecule has 0 aliphatic heterocycles. The fourth-order valence-corrected chi connectivity index (χ4v) is 3.89. The van der Waals surface area contributed by atoms with Crippen molar-refractivity contribution in [3.8, 4) is 17.0 Å². The van der Waals surface area contributed by atoms with Gasteiger partial charge in [0.25, 0.3) is 0 Å². The second-order valence-corrected chi connectivity index (χ2v) is 7.45. The lowest BCUT2D eigenvalue weighted by molar-refractivity contribution is 0.416. The molecule has 5 nitrogen and oxygen atoms in total. The molecule has 150 valence electrons. The summed E-state index contributed by atoms with van der Waals surface area (Å²) in [6, 6.07) is 24.0. The Morgan fingerprint density at radius 2 is 1.77 bits per heavy atom. The Morgan fingerprint density at radius 1 is 1.00 bits per heavy atom. The highest BCUT2D eigenvalue weighted by molar-refractivity contribution is 7.07. The molecule has 0 bridgehead atoms. The Labute approximate surface area is 179 Å². The molecule has 0 radical (unpaired) electrons. The van der Waals surface area contributed by atoms with Gasteiger partial charge in [0.2, 0.25) is 4.80 Å². The second kappa shape index (κ2) is 9.33. The molecule has 0 saturated carbocycles. The van der Waals surface area contributed by atoms with Crippen molar-refractivity contribution in [2.75, 3.05) is 7.11 Å². The summed E-state index contributed by atoms with van der Waals surface area (Å²) in [5.41, 5.74) is 4.69. The predicted molar refractivity (Wildman–Crippen MR) is 122 cm³/mol. The van der Waals surface area contributed by atoms with Crippen molar-refractivity contribution in [1.82, 2.24) is 9.66 Å². The fourth-order valence-electron chi connectivity index (χ4n) is 3.07. The number of rotatable bonds is 6. The van der Waals surface area contributed by atoms with Crippen molar-refractivity contribution in [2.24, 2.45) is 10.1 Å². The third-order valence-electron chi connectivity index (χ3n) is 4.59. The maximum atomic E-state index is 5.58. The van der Waals surface area contributed by atoms with Crippen LogP contribution >= 0.6 is 11.3 Å². The van der Waals surface area contributed by atoms with Crippen LogP contribution in [0.15, 0.2) is 94.5 Å². The lowest BCUT2D eigenvalue weighted by Crippen LogP contribution is -2.15. The molecule has 30 heavy (non-hydrogen) atoms. The highest BCUT2D eigenvalue weighted by atomic mass is 32.1. The summed E-state index contributed by atoms with van der Waals surface area (Å²) >= 11 is 1.56. The number of nitrogens with zero attached hydrogens (tertiary/aromatic N) is 4. The number of hydrogen-bond acceptors (Lipinski definition) is 5. The van der Waals surface area contributed by atoms with Crippen molar-refractivity contribution in [2.45, 2.75) is 13.5 Å². The molecule has 2 heterocycles. The highest BCUT2D eigenvalue weighted by Crippen LogP contribution is 2.30. The first-order valence-corrected chi connectivity index (χ1v) is 10.5. The first-order valence-electron chi connectivity index (χ1n) is 9.61. The van der Waals surface area contributed by atoms with Crippen LogP contribution in [0, 0.1) is 0 Å². The maximum absolute atomic E-state index is 5.58. The number of para-hydroxylation sites is 1. The van der Waals surface area contributed by atoms with Crippen molar-refractivity contribution in [1.29, 1.82) is 0 Å². The summed E-state index contributed by atoms with van der Waals surface area (Å²) in [5.74, 6) is 0.796. The van der Waals surface area contributed by atoms with E-state index >= 15 is 0 Å². The molecule has 0 fully saturated rings. The van der Waals surface area contributed by atoms with Gasteiger partial charge >= 0.3 is 0 Å². The molecule has 0 atom stereocenters. The van der Waals surface area contributed by atoms with Gasteiger partial charge in [0, 0.05) is 17.1 Å². The summed E-state index contributed by atoms with van der Waals surface area (Å²) < 4.78 is 7.47. The summed E-state index contributed by atoms with van der Waals surface area (Å²) in [4.78, 5) is 10.1. The fraction of sp³-hybridized carbons (Fsp3) is 0.125. The van der Waals surface area contributed by atoms with Crippen LogP contribution in [-0.2, 0) is 6.54 Å². The number of pyridine rings is 1. The Kier molecular flexibility index (Phi) is 6.15. The lowest BCUT2D eigenvalue weighted by atomic mass is 10.1. The van der Waals surface area contributed by atoms with Gasteiger partial charge < -0.3 is 4.74 Å². The molecular formula is C24H22N4OS. The van der Waals surface area contributed by atoms with Gasteiger partial charge in [0.15, 0.2) is 0 Å². The van der Waals surface area contributed by atoms with Crippen LogP contribution in [0.3, 0.4) is 0 Å². The van der Waals surface area contributed by atoms with E-state index in [1.165, 1.54) is 0 Å². The van der Waals surface area contributed by atoms with E-state index in [9.17, 15) is 0 Å². The molecule has 2 aromatic heterocycles. The predicted octanol–water partition coefficient (Wildman–Crippen LogP) is 4.99. The quantitative estimate of drug-likeness (QED) is 0.417. The largest absolute Gasteiger partial charge is 0.496 e. The van der Waals surface area contributed by atoms with E-state index in [0.29, 0.717) is 6.54 Å². The molecule has 0 unspecified atom stereocenters. The third-order valence-corrected chi connectivity index (χ3v) is 5.45. The minimum absolute atomic E-state index is 0.588. The Balaban J connectivity index is 1.84. The van der Waals surface area contributed by atoms with Crippen LogP contribution in [0.5, 0.6) is 5.75 Å². The number of benzene rings is 2. The van der Waals surface area contributed by atoms with Crippen molar-refractivity contribution < 1.29 is 4.74 Å². The minimum Gasteiger partial charge on any atom is -0.496 e. The lowest BCUT2D eigenvalue weighted by Gasteiger charge is -2.09. The molecule has 0 amide bonds. The molecular weight excluding hydrogens is 392 g/mol. The van der Waals surface area contributed by atoms with Gasteiger partial charge in [-0.15, -0.1) is 11.3 Å². The van der Waals surface area contributed by atoms with Crippen molar-refractivity contribution in [3.63, 3.8) is 0 Å². The van der Waals surface area contributed by atoms with E-state index in [4.69, 9.17) is 14.8 Å². The number of thiazole rings is 1. The standard InChI is InChI=1S/C24H22N4OS/c1-18(21-13-8-9-15-25-21)27-28-22(20-12-6-7-14-23(20)29-2)17-30-24(28)26-16-19-10-4-3-5-11-19/h3-15,17H,16H2,1-2H3. The van der Waals surface area contributed by atoms with Gasteiger partial charge in [-0.05, 0) is 36.8 Å². The van der Waals surface area contributed by atoms with E-state index < -0.39 is 0 Å². The number of ether oxygens (including phenoxy) is 1. The molecule has 4 rings (SSSR count). The highest BCUT2D eigenvalue weighted by Gasteiger charge is 2.13. The topological polar surface area (TPSA) is 51.8 Å². The first-order chi connectivity index (χ1) is 14.8. The van der Waals surface area contributed by atoms with E-state index in [0.717, 1.165) is 38.8 Å². The van der Waals surface area contributed by atoms with Crippen LogP contribution in [0.1, 0.15) is 18.2 Å². The van der Waals surface area contributed by atoms with Gasteiger partial charge in [-0.25, -0.2) is 4.68 Å². The van der Waals surface area contributed by atoms with Crippen LogP contribution < -0.4 is 9.54 Å². The number of methoxy groups -OCH3 is 1. The first kappa shape index (κ1) is 19.8. The van der Waals surface area contributed by atoms with E-state index in [1.807, 2.05) is 72.3 Å². The van der Waals surface area contributed by atoms with E-state index in [-0.39, 0.29) is 0 Å². The smallest absolute Gasteiger partial charge is 0.206 e. The molecule has 0 spiro atoms. The number of aromatic nitrogens is 2. The van der Waals surface area contributed by atoms with Crippen LogP contribution in [0.2, 0.25) is 0 Å². The van der Waals surface area contributed by atoms with Gasteiger partial charge in [0.1, 0.15) is 5.75 Å². The average molecular weight is 415 g/mol. The van der Waals surface area contributed by atoms with Gasteiger partial charge in [-0.2, -0.15) is 5.10 Å². The zero-order chi connectivity index (χ0) is 20.8. The molecule has 6 heteroatoms. The number of hydrogen-bond donors (Lipinski definition) is 0. The summed E-state index contributed by atoms with van der Waals surface area (Å²) in [7, 11) is 1.68. The molecule has 2 aromatic carbocycles. The molecule has 0 aliphatic rings. The van der Waals surface area contributed by atoms with Crippen LogP contribution in [0.25, 0.3) is 11.3 Å². The summed E-state index contributed by atoms with van der Waals surface area (Å²) in [5, 5.41) is 6.95. The van der Waals surface area contributed by atoms with E-state index in [2.05, 4.69) is 22.5 Å². The Bertz CT molecular complexity index is 1210. The van der Waals surface area contributed by atoms with Crippen molar-refractivity contribution in [3.05, 3.63) is 100 Å². The van der Waals surface area contributed by atoms with Gasteiger partial charge in [0.05, 0.1) is 30.8 Å². The Morgan fingerprint density at radius 3 is 2.53 bits per heavy atom. The van der Waals surface area contributed by atoms with Gasteiger partial charge in [-0.3, -0.25) is 9.98 Å². The molecule has 0 saturated heterocycles. The summed E-state index contributed by atoms with van der Waals surface area (Å²) in [6.07, 6.45) is 1.77. The normalized spacial score (nSPS) is 12.2. The van der Waals surface area contributed by atoms with Crippen molar-refractivity contribution >= 4 is 17.0 Å².